The van der Waals surface area contributed by atoms with Crippen LogP contribution in [0.1, 0.15) is 54.5 Å². The number of carbonyl (C=O) groups is 1. The van der Waals surface area contributed by atoms with Gasteiger partial charge in [0.1, 0.15) is 5.82 Å². The van der Waals surface area contributed by atoms with Gasteiger partial charge in [-0.25, -0.2) is 4.39 Å². The summed E-state index contributed by atoms with van der Waals surface area (Å²) in [5.41, 5.74) is 5.20. The van der Waals surface area contributed by atoms with E-state index in [0.717, 1.165) is 44.5 Å². The van der Waals surface area contributed by atoms with Crippen LogP contribution in [-0.4, -0.2) is 23.9 Å². The fourth-order valence-electron chi connectivity index (χ4n) is 4.54. The van der Waals surface area contributed by atoms with Crippen molar-refractivity contribution >= 4 is 5.91 Å². The molecular formula is C24H29FN2O. The number of nitrogens with one attached hydrogen (secondary N) is 1. The Balaban J connectivity index is 1.34. The van der Waals surface area contributed by atoms with Gasteiger partial charge in [0, 0.05) is 13.1 Å². The van der Waals surface area contributed by atoms with Crippen molar-refractivity contribution in [2.24, 2.45) is 5.92 Å². The highest BCUT2D eigenvalue weighted by Gasteiger charge is 2.27. The third-order valence-electron chi connectivity index (χ3n) is 6.18. The Bertz CT molecular complexity index is 833. The molecule has 0 aromatic heterocycles. The maximum absolute atomic E-state index is 13.1. The molecule has 2 aromatic carbocycles. The standard InChI is InChI=1S/C24H29FN2O/c1-17(20-10-9-19-4-2-5-21(19)14-20)26-24(28)22-6-3-13-27(16-22)15-18-7-11-23(25)12-8-18/h7-12,14,17,22H,2-6,13,15-16H2,1H3,(H,26,28). The Kier molecular flexibility index (Phi) is 5.77. The Morgan fingerprint density at radius 3 is 2.75 bits per heavy atom. The molecule has 2 atom stereocenters. The summed E-state index contributed by atoms with van der Waals surface area (Å²) in [6, 6.07) is 13.4. The van der Waals surface area contributed by atoms with Gasteiger partial charge in [0.05, 0.1) is 12.0 Å². The zero-order valence-electron chi connectivity index (χ0n) is 16.6. The Labute approximate surface area is 166 Å². The zero-order valence-corrected chi connectivity index (χ0v) is 16.6. The molecule has 4 heteroatoms. The Morgan fingerprint density at radius 2 is 1.93 bits per heavy atom. The third kappa shape index (κ3) is 4.44. The third-order valence-corrected chi connectivity index (χ3v) is 6.18. The molecule has 0 bridgehead atoms. The zero-order chi connectivity index (χ0) is 19.5. The average molecular weight is 381 g/mol. The van der Waals surface area contributed by atoms with Gasteiger partial charge < -0.3 is 5.32 Å². The van der Waals surface area contributed by atoms with E-state index in [4.69, 9.17) is 0 Å². The lowest BCUT2D eigenvalue weighted by Crippen LogP contribution is -2.43. The number of aryl methyl sites for hydroxylation is 2. The van der Waals surface area contributed by atoms with Crippen LogP contribution in [0.2, 0.25) is 0 Å². The van der Waals surface area contributed by atoms with E-state index in [0.29, 0.717) is 0 Å². The number of hydrogen-bond acceptors (Lipinski definition) is 2. The van der Waals surface area contributed by atoms with Crippen molar-refractivity contribution in [1.82, 2.24) is 10.2 Å². The van der Waals surface area contributed by atoms with Gasteiger partial charge >= 0.3 is 0 Å². The summed E-state index contributed by atoms with van der Waals surface area (Å²) in [6.45, 7) is 4.60. The minimum Gasteiger partial charge on any atom is -0.349 e. The SMILES string of the molecule is CC(NC(=O)C1CCCN(Cc2ccc(F)cc2)C1)c1ccc2c(c1)CCC2. The van der Waals surface area contributed by atoms with Crippen molar-refractivity contribution in [3.63, 3.8) is 0 Å². The topological polar surface area (TPSA) is 32.3 Å². The van der Waals surface area contributed by atoms with Crippen LogP contribution in [0.4, 0.5) is 4.39 Å². The normalized spacial score (nSPS) is 20.6. The van der Waals surface area contributed by atoms with E-state index in [9.17, 15) is 9.18 Å². The second-order valence-electron chi connectivity index (χ2n) is 8.31. The van der Waals surface area contributed by atoms with Crippen LogP contribution in [0.5, 0.6) is 0 Å². The molecule has 1 aliphatic heterocycles. The highest BCUT2D eigenvalue weighted by atomic mass is 19.1. The number of halogens is 1. The van der Waals surface area contributed by atoms with Gasteiger partial charge in [0.15, 0.2) is 0 Å². The number of nitrogens with zero attached hydrogens (tertiary/aromatic N) is 1. The number of amides is 1. The van der Waals surface area contributed by atoms with Crippen LogP contribution in [-0.2, 0) is 24.2 Å². The number of rotatable bonds is 5. The van der Waals surface area contributed by atoms with Crippen molar-refractivity contribution in [3.05, 3.63) is 70.5 Å². The molecule has 0 spiro atoms. The predicted octanol–water partition coefficient (Wildman–Crippen LogP) is 4.40. The van der Waals surface area contributed by atoms with Crippen molar-refractivity contribution in [1.29, 1.82) is 0 Å². The van der Waals surface area contributed by atoms with E-state index in [1.165, 1.54) is 41.7 Å². The van der Waals surface area contributed by atoms with Crippen LogP contribution in [0, 0.1) is 11.7 Å². The summed E-state index contributed by atoms with van der Waals surface area (Å²) in [5.74, 6) is -0.0388. The summed E-state index contributed by atoms with van der Waals surface area (Å²) in [5, 5.41) is 3.23. The van der Waals surface area contributed by atoms with E-state index < -0.39 is 0 Å². The van der Waals surface area contributed by atoms with Crippen molar-refractivity contribution in [2.45, 2.75) is 51.6 Å². The van der Waals surface area contributed by atoms with Gasteiger partial charge in [-0.1, -0.05) is 30.3 Å². The largest absolute Gasteiger partial charge is 0.349 e. The van der Waals surface area contributed by atoms with Crippen LogP contribution in [0.15, 0.2) is 42.5 Å². The number of likely N-dealkylation sites (tertiary alicyclic amines) is 1. The quantitative estimate of drug-likeness (QED) is 0.834. The van der Waals surface area contributed by atoms with Crippen LogP contribution >= 0.6 is 0 Å². The monoisotopic (exact) mass is 380 g/mol. The number of fused-ring (bicyclic) bond motifs is 1. The van der Waals surface area contributed by atoms with E-state index in [1.54, 1.807) is 0 Å². The molecule has 1 fully saturated rings. The molecule has 3 nitrogen and oxygen atoms in total. The fraction of sp³-hybridized carbons (Fsp3) is 0.458. The molecule has 1 saturated heterocycles. The smallest absolute Gasteiger partial charge is 0.224 e. The first-order chi connectivity index (χ1) is 13.6. The fourth-order valence-corrected chi connectivity index (χ4v) is 4.54. The van der Waals surface area contributed by atoms with E-state index in [-0.39, 0.29) is 23.7 Å². The van der Waals surface area contributed by atoms with Crippen LogP contribution in [0.25, 0.3) is 0 Å². The van der Waals surface area contributed by atoms with E-state index >= 15 is 0 Å². The van der Waals surface area contributed by atoms with E-state index in [1.807, 2.05) is 12.1 Å². The number of piperidine rings is 1. The van der Waals surface area contributed by atoms with Gasteiger partial charge in [0.2, 0.25) is 5.91 Å². The molecule has 4 rings (SSSR count). The molecule has 0 radical (unpaired) electrons. The Hall–Kier alpha value is -2.20. The van der Waals surface area contributed by atoms with Gasteiger partial charge in [-0.05, 0) is 80.0 Å². The molecule has 1 aliphatic carbocycles. The molecule has 0 saturated carbocycles. The molecule has 1 amide bonds. The lowest BCUT2D eigenvalue weighted by molar-refractivity contribution is -0.127. The predicted molar refractivity (Wildman–Crippen MR) is 109 cm³/mol. The minimum absolute atomic E-state index is 0.0195. The van der Waals surface area contributed by atoms with Crippen molar-refractivity contribution in [3.8, 4) is 0 Å². The van der Waals surface area contributed by atoms with Gasteiger partial charge in [-0.3, -0.25) is 9.69 Å². The molecule has 28 heavy (non-hydrogen) atoms. The second-order valence-corrected chi connectivity index (χ2v) is 8.31. The average Bonchev–Trinajstić information content (AvgIpc) is 3.18. The maximum atomic E-state index is 13.1. The summed E-state index contributed by atoms with van der Waals surface area (Å²) in [6.07, 6.45) is 5.54. The lowest BCUT2D eigenvalue weighted by Gasteiger charge is -2.32. The maximum Gasteiger partial charge on any atom is 0.224 e. The number of hydrogen-bond donors (Lipinski definition) is 1. The molecule has 2 aromatic rings. The number of carbonyl (C=O) groups excluding carboxylic acids is 1. The Morgan fingerprint density at radius 1 is 1.14 bits per heavy atom. The van der Waals surface area contributed by atoms with Gasteiger partial charge in [-0.2, -0.15) is 0 Å². The summed E-state index contributed by atoms with van der Waals surface area (Å²) < 4.78 is 13.1. The van der Waals surface area contributed by atoms with Gasteiger partial charge in [0.25, 0.3) is 0 Å². The highest BCUT2D eigenvalue weighted by molar-refractivity contribution is 5.79. The first kappa shape index (κ1) is 19.1. The van der Waals surface area contributed by atoms with E-state index in [2.05, 4.69) is 35.3 Å². The first-order valence-electron chi connectivity index (χ1n) is 10.5. The summed E-state index contributed by atoms with van der Waals surface area (Å²) in [7, 11) is 0. The van der Waals surface area contributed by atoms with Gasteiger partial charge in [-0.15, -0.1) is 0 Å². The molecular weight excluding hydrogens is 351 g/mol. The van der Waals surface area contributed by atoms with Crippen LogP contribution < -0.4 is 5.32 Å². The van der Waals surface area contributed by atoms with Crippen LogP contribution in [0.3, 0.4) is 0 Å². The number of benzene rings is 2. The van der Waals surface area contributed by atoms with Crippen molar-refractivity contribution in [2.75, 3.05) is 13.1 Å². The summed E-state index contributed by atoms with van der Waals surface area (Å²) >= 11 is 0. The summed E-state index contributed by atoms with van der Waals surface area (Å²) in [4.78, 5) is 15.2. The molecule has 2 aliphatic rings. The minimum atomic E-state index is -0.208. The highest BCUT2D eigenvalue weighted by Crippen LogP contribution is 2.26. The molecule has 1 heterocycles. The lowest BCUT2D eigenvalue weighted by atomic mass is 9.95. The molecule has 1 N–H and O–H groups in total. The first-order valence-corrected chi connectivity index (χ1v) is 10.5. The van der Waals surface area contributed by atoms with Crippen molar-refractivity contribution < 1.29 is 9.18 Å². The second kappa shape index (κ2) is 8.44. The molecule has 2 unspecified atom stereocenters. The molecule has 148 valence electrons.